The molecule has 0 unspecified atom stereocenters. The highest BCUT2D eigenvalue weighted by molar-refractivity contribution is 6.02. The molecule has 28 heavy (non-hydrogen) atoms. The molecule has 1 saturated heterocycles. The quantitative estimate of drug-likeness (QED) is 0.621. The predicted molar refractivity (Wildman–Crippen MR) is 117 cm³/mol. The van der Waals surface area contributed by atoms with Crippen LogP contribution >= 0.6 is 0 Å². The van der Waals surface area contributed by atoms with Crippen molar-refractivity contribution in [1.29, 1.82) is 0 Å². The second-order valence-electron chi connectivity index (χ2n) is 7.39. The molecule has 1 fully saturated rings. The third-order valence-corrected chi connectivity index (χ3v) is 5.48. The average Bonchev–Trinajstić information content (AvgIpc) is 3.06. The fraction of sp³-hybridized carbons (Fsp3) is 0.348. The lowest BCUT2D eigenvalue weighted by Gasteiger charge is -2.36. The predicted octanol–water partition coefficient (Wildman–Crippen LogP) is 4.55. The minimum absolute atomic E-state index is 0.155. The van der Waals surface area contributed by atoms with E-state index in [2.05, 4.69) is 38.8 Å². The number of aliphatic imine (C=N–C) groups is 1. The number of aromatic amines is 1. The lowest BCUT2D eigenvalue weighted by atomic mass is 10.2. The van der Waals surface area contributed by atoms with Crippen molar-refractivity contribution in [3.8, 4) is 5.88 Å². The number of para-hydroxylation sites is 1. The number of anilines is 1. The SMILES string of the molecule is CCCCN1CCN(c2ccc(N=Cc3c(O)[nH]c4ccccc34)cc2)CC1. The first-order valence-corrected chi connectivity index (χ1v) is 10.2. The van der Waals surface area contributed by atoms with E-state index in [1.807, 2.05) is 36.4 Å². The molecule has 0 saturated carbocycles. The van der Waals surface area contributed by atoms with Gasteiger partial charge in [0.1, 0.15) is 0 Å². The van der Waals surface area contributed by atoms with Gasteiger partial charge in [0, 0.05) is 49.0 Å². The van der Waals surface area contributed by atoms with Crippen LogP contribution < -0.4 is 4.90 Å². The van der Waals surface area contributed by atoms with Gasteiger partial charge in [-0.05, 0) is 43.3 Å². The number of aromatic nitrogens is 1. The molecule has 5 heteroatoms. The Kier molecular flexibility index (Phi) is 5.63. The van der Waals surface area contributed by atoms with Gasteiger partial charge < -0.3 is 15.0 Å². The largest absolute Gasteiger partial charge is 0.494 e. The number of hydrogen-bond acceptors (Lipinski definition) is 4. The first-order valence-electron chi connectivity index (χ1n) is 10.2. The fourth-order valence-electron chi connectivity index (χ4n) is 3.78. The van der Waals surface area contributed by atoms with Gasteiger partial charge in [-0.1, -0.05) is 31.5 Å². The number of fused-ring (bicyclic) bond motifs is 1. The Morgan fingerprint density at radius 2 is 1.79 bits per heavy atom. The van der Waals surface area contributed by atoms with E-state index < -0.39 is 0 Å². The maximum atomic E-state index is 10.1. The molecule has 2 aromatic carbocycles. The molecule has 1 aliphatic heterocycles. The third-order valence-electron chi connectivity index (χ3n) is 5.48. The molecule has 0 radical (unpaired) electrons. The Morgan fingerprint density at radius 3 is 2.54 bits per heavy atom. The summed E-state index contributed by atoms with van der Waals surface area (Å²) in [6.07, 6.45) is 4.28. The summed E-state index contributed by atoms with van der Waals surface area (Å²) in [5, 5.41) is 11.1. The van der Waals surface area contributed by atoms with E-state index in [0.717, 1.165) is 48.3 Å². The van der Waals surface area contributed by atoms with E-state index in [1.165, 1.54) is 25.1 Å². The monoisotopic (exact) mass is 376 g/mol. The van der Waals surface area contributed by atoms with E-state index in [1.54, 1.807) is 6.21 Å². The van der Waals surface area contributed by atoms with Crippen molar-refractivity contribution in [2.24, 2.45) is 4.99 Å². The minimum atomic E-state index is 0.155. The Bertz CT molecular complexity index is 937. The molecular formula is C23H28N4O. The molecule has 2 N–H and O–H groups in total. The molecule has 146 valence electrons. The Labute approximate surface area is 166 Å². The van der Waals surface area contributed by atoms with Gasteiger partial charge in [0.2, 0.25) is 0 Å². The van der Waals surface area contributed by atoms with Crippen LogP contribution in [0.1, 0.15) is 25.3 Å². The number of nitrogens with one attached hydrogen (secondary N) is 1. The van der Waals surface area contributed by atoms with Gasteiger partial charge in [-0.25, -0.2) is 0 Å². The van der Waals surface area contributed by atoms with Gasteiger partial charge in [-0.15, -0.1) is 0 Å². The number of H-pyrrole nitrogens is 1. The van der Waals surface area contributed by atoms with E-state index in [0.29, 0.717) is 0 Å². The molecule has 0 spiro atoms. The zero-order valence-corrected chi connectivity index (χ0v) is 16.4. The summed E-state index contributed by atoms with van der Waals surface area (Å²) in [7, 11) is 0. The van der Waals surface area contributed by atoms with Crippen LogP contribution in [-0.4, -0.2) is 53.9 Å². The van der Waals surface area contributed by atoms with Gasteiger partial charge >= 0.3 is 0 Å². The second-order valence-corrected chi connectivity index (χ2v) is 7.39. The van der Waals surface area contributed by atoms with E-state index >= 15 is 0 Å². The van der Waals surface area contributed by atoms with E-state index in [9.17, 15) is 5.11 Å². The van der Waals surface area contributed by atoms with Crippen molar-refractivity contribution in [2.75, 3.05) is 37.6 Å². The van der Waals surface area contributed by atoms with Crippen molar-refractivity contribution in [2.45, 2.75) is 19.8 Å². The maximum Gasteiger partial charge on any atom is 0.198 e. The lowest BCUT2D eigenvalue weighted by molar-refractivity contribution is 0.254. The molecule has 1 aliphatic rings. The number of rotatable bonds is 6. The number of aromatic hydroxyl groups is 1. The van der Waals surface area contributed by atoms with Crippen molar-refractivity contribution < 1.29 is 5.11 Å². The number of benzene rings is 2. The van der Waals surface area contributed by atoms with Gasteiger partial charge in [0.05, 0.1) is 11.3 Å². The molecule has 5 nitrogen and oxygen atoms in total. The summed E-state index contributed by atoms with van der Waals surface area (Å²) < 4.78 is 0. The standard InChI is InChI=1S/C23H28N4O/c1-2-3-12-26-13-15-27(16-14-26)19-10-8-18(9-11-19)24-17-21-20-6-4-5-7-22(20)25-23(21)28/h4-11,17,25,28H,2-3,12-16H2,1H3. The summed E-state index contributed by atoms with van der Waals surface area (Å²) in [5.74, 6) is 0.155. The number of unbranched alkanes of at least 4 members (excludes halogenated alkanes) is 1. The Balaban J connectivity index is 1.41. The molecule has 2 heterocycles. The van der Waals surface area contributed by atoms with Crippen LogP contribution in [0, 0.1) is 0 Å². The Morgan fingerprint density at radius 1 is 1.04 bits per heavy atom. The zero-order chi connectivity index (χ0) is 19.3. The van der Waals surface area contributed by atoms with E-state index in [-0.39, 0.29) is 5.88 Å². The molecule has 0 aliphatic carbocycles. The van der Waals surface area contributed by atoms with Crippen molar-refractivity contribution in [3.63, 3.8) is 0 Å². The van der Waals surface area contributed by atoms with Crippen LogP contribution in [0.3, 0.4) is 0 Å². The first-order chi connectivity index (χ1) is 13.7. The topological polar surface area (TPSA) is 54.9 Å². The molecule has 0 amide bonds. The smallest absolute Gasteiger partial charge is 0.198 e. The Hall–Kier alpha value is -2.79. The minimum Gasteiger partial charge on any atom is -0.494 e. The molecule has 0 atom stereocenters. The summed E-state index contributed by atoms with van der Waals surface area (Å²) in [6, 6.07) is 16.2. The average molecular weight is 377 g/mol. The van der Waals surface area contributed by atoms with Crippen molar-refractivity contribution in [3.05, 3.63) is 54.1 Å². The molecule has 0 bridgehead atoms. The molecule has 3 aromatic rings. The van der Waals surface area contributed by atoms with Gasteiger partial charge in [-0.2, -0.15) is 0 Å². The van der Waals surface area contributed by atoms with Gasteiger partial charge in [0.25, 0.3) is 0 Å². The van der Waals surface area contributed by atoms with E-state index in [4.69, 9.17) is 0 Å². The summed E-state index contributed by atoms with van der Waals surface area (Å²) in [4.78, 5) is 12.6. The van der Waals surface area contributed by atoms with Crippen LogP contribution in [0.2, 0.25) is 0 Å². The third kappa shape index (κ3) is 4.04. The lowest BCUT2D eigenvalue weighted by Crippen LogP contribution is -2.46. The summed E-state index contributed by atoms with van der Waals surface area (Å²) in [6.45, 7) is 7.91. The zero-order valence-electron chi connectivity index (χ0n) is 16.4. The highest BCUT2D eigenvalue weighted by atomic mass is 16.3. The summed E-state index contributed by atoms with van der Waals surface area (Å²) >= 11 is 0. The summed E-state index contributed by atoms with van der Waals surface area (Å²) in [5.41, 5.74) is 3.77. The number of piperazine rings is 1. The van der Waals surface area contributed by atoms with Crippen LogP contribution in [0.5, 0.6) is 5.88 Å². The highest BCUT2D eigenvalue weighted by Gasteiger charge is 2.16. The molecular weight excluding hydrogens is 348 g/mol. The number of nitrogens with zero attached hydrogens (tertiary/aromatic N) is 3. The number of hydrogen-bond donors (Lipinski definition) is 2. The second kappa shape index (κ2) is 8.48. The van der Waals surface area contributed by atoms with Crippen LogP contribution in [0.25, 0.3) is 10.9 Å². The van der Waals surface area contributed by atoms with Gasteiger partial charge in [-0.3, -0.25) is 9.89 Å². The highest BCUT2D eigenvalue weighted by Crippen LogP contribution is 2.26. The van der Waals surface area contributed by atoms with Crippen molar-refractivity contribution >= 4 is 28.5 Å². The maximum absolute atomic E-state index is 10.1. The van der Waals surface area contributed by atoms with Crippen molar-refractivity contribution in [1.82, 2.24) is 9.88 Å². The van der Waals surface area contributed by atoms with Gasteiger partial charge in [0.15, 0.2) is 5.88 Å². The first kappa shape index (κ1) is 18.6. The molecule has 4 rings (SSSR count). The molecule has 1 aromatic heterocycles. The fourth-order valence-corrected chi connectivity index (χ4v) is 3.78. The normalized spacial score (nSPS) is 15.7. The van der Waals surface area contributed by atoms with Crippen LogP contribution in [-0.2, 0) is 0 Å². The van der Waals surface area contributed by atoms with Crippen LogP contribution in [0.15, 0.2) is 53.5 Å². The van der Waals surface area contributed by atoms with Crippen LogP contribution in [0.4, 0.5) is 11.4 Å².